The molecule has 0 saturated carbocycles. The molecule has 1 aliphatic rings. The molecule has 1 aliphatic heterocycles. The quantitative estimate of drug-likeness (QED) is 0.905. The molecule has 8 heteroatoms. The van der Waals surface area contributed by atoms with Gasteiger partial charge in [-0.3, -0.25) is 0 Å². The van der Waals surface area contributed by atoms with Crippen molar-refractivity contribution in [3.63, 3.8) is 0 Å². The number of fused-ring (bicyclic) bond motifs is 1. The zero-order valence-corrected chi connectivity index (χ0v) is 14.4. The van der Waals surface area contributed by atoms with E-state index in [1.165, 1.54) is 4.31 Å². The lowest BCUT2D eigenvalue weighted by Crippen LogP contribution is -2.51. The first kappa shape index (κ1) is 16.4. The molecule has 7 nitrogen and oxygen atoms in total. The molecule has 0 aromatic carbocycles. The predicted molar refractivity (Wildman–Crippen MR) is 87.3 cm³/mol. The van der Waals surface area contributed by atoms with E-state index in [1.807, 2.05) is 49.7 Å². The van der Waals surface area contributed by atoms with Gasteiger partial charge in [0.05, 0.1) is 24.4 Å². The SMILES string of the molecule is Cc1cccn2cc(CNS(=O)(=O)N3C[C@@H](C)O[C@H](C)C3)nc12. The highest BCUT2D eigenvalue weighted by Gasteiger charge is 2.30. The van der Waals surface area contributed by atoms with Crippen LogP contribution in [0.4, 0.5) is 0 Å². The van der Waals surface area contributed by atoms with Crippen LogP contribution in [0, 0.1) is 6.92 Å². The first-order valence-electron chi connectivity index (χ1n) is 7.68. The molecule has 3 heterocycles. The Kier molecular flexibility index (Phi) is 4.41. The highest BCUT2D eigenvalue weighted by Crippen LogP contribution is 2.14. The van der Waals surface area contributed by atoms with Crippen LogP contribution in [0.25, 0.3) is 5.65 Å². The van der Waals surface area contributed by atoms with Crippen molar-refractivity contribution in [2.75, 3.05) is 13.1 Å². The molecular weight excluding hydrogens is 316 g/mol. The van der Waals surface area contributed by atoms with Gasteiger partial charge < -0.3 is 9.14 Å². The molecule has 2 aromatic rings. The van der Waals surface area contributed by atoms with Crippen LogP contribution < -0.4 is 4.72 Å². The highest BCUT2D eigenvalue weighted by atomic mass is 32.2. The van der Waals surface area contributed by atoms with Gasteiger partial charge in [0.1, 0.15) is 5.65 Å². The minimum absolute atomic E-state index is 0.104. The standard InChI is InChI=1S/C15H22N4O3S/c1-11-5-4-6-18-10-14(17-15(11)18)7-16-23(20,21)19-8-12(2)22-13(3)9-19/h4-6,10,12-13,16H,7-9H2,1-3H3/t12-,13-/m1/s1. The van der Waals surface area contributed by atoms with E-state index >= 15 is 0 Å². The summed E-state index contributed by atoms with van der Waals surface area (Å²) in [5.41, 5.74) is 2.59. The molecule has 3 rings (SSSR count). The van der Waals surface area contributed by atoms with Gasteiger partial charge in [-0.15, -0.1) is 0 Å². The summed E-state index contributed by atoms with van der Waals surface area (Å²) >= 11 is 0. The monoisotopic (exact) mass is 338 g/mol. The van der Waals surface area contributed by atoms with Gasteiger partial charge in [0, 0.05) is 25.5 Å². The molecule has 2 atom stereocenters. The van der Waals surface area contributed by atoms with E-state index in [1.54, 1.807) is 0 Å². The van der Waals surface area contributed by atoms with Gasteiger partial charge in [-0.25, -0.2) is 4.98 Å². The predicted octanol–water partition coefficient (Wildman–Crippen LogP) is 1.09. The molecule has 1 saturated heterocycles. The normalized spacial score (nSPS) is 23.4. The first-order valence-corrected chi connectivity index (χ1v) is 9.12. The molecule has 0 aliphatic carbocycles. The highest BCUT2D eigenvalue weighted by molar-refractivity contribution is 7.87. The van der Waals surface area contributed by atoms with Gasteiger partial charge >= 0.3 is 0 Å². The lowest BCUT2D eigenvalue weighted by molar-refractivity contribution is -0.0444. The van der Waals surface area contributed by atoms with Crippen molar-refractivity contribution in [3.05, 3.63) is 35.8 Å². The number of rotatable bonds is 4. The van der Waals surface area contributed by atoms with Crippen LogP contribution in [-0.4, -0.2) is 47.4 Å². The van der Waals surface area contributed by atoms with Crippen molar-refractivity contribution in [2.24, 2.45) is 0 Å². The topological polar surface area (TPSA) is 75.9 Å². The number of ether oxygens (including phenoxy) is 1. The van der Waals surface area contributed by atoms with Crippen molar-refractivity contribution in [1.82, 2.24) is 18.4 Å². The maximum atomic E-state index is 12.5. The molecule has 1 fully saturated rings. The number of imidazole rings is 1. The fourth-order valence-electron chi connectivity index (χ4n) is 2.87. The number of pyridine rings is 1. The van der Waals surface area contributed by atoms with Gasteiger partial charge in [-0.2, -0.15) is 17.4 Å². The number of hydrogen-bond donors (Lipinski definition) is 1. The zero-order valence-electron chi connectivity index (χ0n) is 13.6. The third-order valence-electron chi connectivity index (χ3n) is 3.89. The van der Waals surface area contributed by atoms with Crippen molar-refractivity contribution in [2.45, 2.75) is 39.5 Å². The Labute approximate surface area is 136 Å². The Balaban J connectivity index is 1.72. The molecule has 126 valence electrons. The second kappa shape index (κ2) is 6.20. The Morgan fingerprint density at radius 2 is 2.04 bits per heavy atom. The molecule has 0 amide bonds. The van der Waals surface area contributed by atoms with E-state index in [4.69, 9.17) is 4.74 Å². The van der Waals surface area contributed by atoms with Crippen LogP contribution in [0.2, 0.25) is 0 Å². The molecule has 0 spiro atoms. The third-order valence-corrected chi connectivity index (χ3v) is 5.38. The second-order valence-electron chi connectivity index (χ2n) is 6.05. The lowest BCUT2D eigenvalue weighted by atomic mass is 10.3. The van der Waals surface area contributed by atoms with Crippen LogP contribution in [0.5, 0.6) is 0 Å². The van der Waals surface area contributed by atoms with E-state index in [9.17, 15) is 8.42 Å². The number of nitrogens with one attached hydrogen (secondary N) is 1. The van der Waals surface area contributed by atoms with Crippen LogP contribution in [0.1, 0.15) is 25.1 Å². The fourth-order valence-corrected chi connectivity index (χ4v) is 4.20. The average Bonchev–Trinajstić information content (AvgIpc) is 2.89. The van der Waals surface area contributed by atoms with Gasteiger partial charge in [0.15, 0.2) is 0 Å². The number of aryl methyl sites for hydroxylation is 1. The Morgan fingerprint density at radius 1 is 1.35 bits per heavy atom. The van der Waals surface area contributed by atoms with Gasteiger partial charge in [0.2, 0.25) is 0 Å². The van der Waals surface area contributed by atoms with Gasteiger partial charge in [-0.05, 0) is 32.4 Å². The van der Waals surface area contributed by atoms with Gasteiger partial charge in [-0.1, -0.05) is 6.07 Å². The Morgan fingerprint density at radius 3 is 2.70 bits per heavy atom. The van der Waals surface area contributed by atoms with Crippen LogP contribution in [-0.2, 0) is 21.5 Å². The Bertz CT molecular complexity index is 792. The molecule has 1 N–H and O–H groups in total. The zero-order chi connectivity index (χ0) is 16.6. The van der Waals surface area contributed by atoms with Gasteiger partial charge in [0.25, 0.3) is 10.2 Å². The van der Waals surface area contributed by atoms with Crippen LogP contribution >= 0.6 is 0 Å². The maximum absolute atomic E-state index is 12.5. The number of morpholine rings is 1. The number of hydrogen-bond acceptors (Lipinski definition) is 4. The number of aromatic nitrogens is 2. The van der Waals surface area contributed by atoms with Crippen molar-refractivity contribution >= 4 is 15.9 Å². The summed E-state index contributed by atoms with van der Waals surface area (Å²) < 4.78 is 36.5. The molecular formula is C15H22N4O3S. The largest absolute Gasteiger partial charge is 0.373 e. The fraction of sp³-hybridized carbons (Fsp3) is 0.533. The van der Waals surface area contributed by atoms with Crippen molar-refractivity contribution in [3.8, 4) is 0 Å². The molecule has 0 unspecified atom stereocenters. The number of nitrogens with zero attached hydrogens (tertiary/aromatic N) is 3. The molecule has 0 radical (unpaired) electrons. The summed E-state index contributed by atoms with van der Waals surface area (Å²) in [6, 6.07) is 3.92. The van der Waals surface area contributed by atoms with E-state index < -0.39 is 10.2 Å². The first-order chi connectivity index (χ1) is 10.8. The minimum atomic E-state index is -3.54. The lowest BCUT2D eigenvalue weighted by Gasteiger charge is -2.34. The molecule has 23 heavy (non-hydrogen) atoms. The summed E-state index contributed by atoms with van der Waals surface area (Å²) in [6.07, 6.45) is 3.54. The van der Waals surface area contributed by atoms with Crippen LogP contribution in [0.3, 0.4) is 0 Å². The summed E-state index contributed by atoms with van der Waals surface area (Å²) in [7, 11) is -3.54. The van der Waals surface area contributed by atoms with Crippen molar-refractivity contribution < 1.29 is 13.2 Å². The Hall–Kier alpha value is -1.48. The smallest absolute Gasteiger partial charge is 0.279 e. The minimum Gasteiger partial charge on any atom is -0.373 e. The van der Waals surface area contributed by atoms with Crippen molar-refractivity contribution in [1.29, 1.82) is 0 Å². The second-order valence-corrected chi connectivity index (χ2v) is 7.81. The van der Waals surface area contributed by atoms with E-state index in [0.717, 1.165) is 11.2 Å². The molecule has 0 bridgehead atoms. The molecule has 2 aromatic heterocycles. The maximum Gasteiger partial charge on any atom is 0.279 e. The van der Waals surface area contributed by atoms with E-state index in [0.29, 0.717) is 18.8 Å². The summed E-state index contributed by atoms with van der Waals surface area (Å²) in [5.74, 6) is 0. The summed E-state index contributed by atoms with van der Waals surface area (Å²) in [4.78, 5) is 4.48. The third kappa shape index (κ3) is 3.55. The van der Waals surface area contributed by atoms with Crippen LogP contribution in [0.15, 0.2) is 24.5 Å². The van der Waals surface area contributed by atoms with E-state index in [2.05, 4.69) is 9.71 Å². The summed E-state index contributed by atoms with van der Waals surface area (Å²) in [6.45, 7) is 6.64. The van der Waals surface area contributed by atoms with E-state index in [-0.39, 0.29) is 18.8 Å². The summed E-state index contributed by atoms with van der Waals surface area (Å²) in [5, 5.41) is 0. The average molecular weight is 338 g/mol.